The molecule has 0 atom stereocenters. The van der Waals surface area contributed by atoms with E-state index in [2.05, 4.69) is 22.7 Å². The Morgan fingerprint density at radius 1 is 1.38 bits per heavy atom. The molecule has 1 saturated heterocycles. The van der Waals surface area contributed by atoms with E-state index in [1.807, 2.05) is 0 Å². The summed E-state index contributed by atoms with van der Waals surface area (Å²) in [5, 5.41) is 4.54. The molecule has 3 rings (SSSR count). The van der Waals surface area contributed by atoms with Gasteiger partial charge < -0.3 is 15.0 Å². The van der Waals surface area contributed by atoms with Gasteiger partial charge in [-0.15, -0.1) is 0 Å². The molecule has 0 amide bonds. The van der Waals surface area contributed by atoms with Crippen LogP contribution in [0, 0.1) is 0 Å². The summed E-state index contributed by atoms with van der Waals surface area (Å²) in [4.78, 5) is 12.3. The molecule has 0 spiro atoms. The van der Waals surface area contributed by atoms with E-state index in [0.717, 1.165) is 49.6 Å². The second-order valence-electron chi connectivity index (χ2n) is 5.48. The van der Waals surface area contributed by atoms with Crippen molar-refractivity contribution < 1.29 is 4.74 Å². The highest BCUT2D eigenvalue weighted by Gasteiger charge is 2.20. The summed E-state index contributed by atoms with van der Waals surface area (Å²) in [6.45, 7) is 4.96. The Morgan fingerprint density at radius 2 is 2.14 bits per heavy atom. The van der Waals surface area contributed by atoms with Gasteiger partial charge in [-0.3, -0.25) is 4.79 Å². The van der Waals surface area contributed by atoms with Crippen molar-refractivity contribution in [2.45, 2.75) is 38.6 Å². The fourth-order valence-corrected chi connectivity index (χ4v) is 3.09. The van der Waals surface area contributed by atoms with E-state index < -0.39 is 0 Å². The van der Waals surface area contributed by atoms with Crippen LogP contribution in [-0.2, 0) is 17.7 Å². The zero-order valence-corrected chi connectivity index (χ0v) is 12.4. The molecule has 1 fully saturated rings. The van der Waals surface area contributed by atoms with Gasteiger partial charge in [0.1, 0.15) is 5.65 Å². The molecule has 0 saturated carbocycles. The van der Waals surface area contributed by atoms with E-state index in [1.54, 1.807) is 6.07 Å². The van der Waals surface area contributed by atoms with Crippen molar-refractivity contribution in [2.24, 2.45) is 5.73 Å². The SMILES string of the molecule is CCn1c(CCN)cc(=O)n2nc(C3CCOCC3)cc12. The van der Waals surface area contributed by atoms with E-state index >= 15 is 0 Å². The molecular formula is C15H22N4O2. The highest BCUT2D eigenvalue weighted by molar-refractivity contribution is 5.43. The number of hydrogen-bond donors (Lipinski definition) is 1. The predicted octanol–water partition coefficient (Wildman–Crippen LogP) is 0.911. The Morgan fingerprint density at radius 3 is 2.81 bits per heavy atom. The molecule has 2 N–H and O–H groups in total. The van der Waals surface area contributed by atoms with Gasteiger partial charge in [0.15, 0.2) is 0 Å². The first-order valence-electron chi connectivity index (χ1n) is 7.64. The molecule has 0 unspecified atom stereocenters. The quantitative estimate of drug-likeness (QED) is 0.908. The lowest BCUT2D eigenvalue weighted by atomic mass is 9.97. The van der Waals surface area contributed by atoms with Crippen molar-refractivity contribution in [2.75, 3.05) is 19.8 Å². The van der Waals surface area contributed by atoms with Gasteiger partial charge >= 0.3 is 0 Å². The lowest BCUT2D eigenvalue weighted by Gasteiger charge is -2.19. The molecule has 6 heteroatoms. The molecule has 1 aliphatic heterocycles. The molecule has 21 heavy (non-hydrogen) atoms. The molecule has 0 aromatic carbocycles. The maximum atomic E-state index is 12.3. The Balaban J connectivity index is 2.10. The van der Waals surface area contributed by atoms with Crippen molar-refractivity contribution in [3.8, 4) is 0 Å². The zero-order valence-electron chi connectivity index (χ0n) is 12.4. The summed E-state index contributed by atoms with van der Waals surface area (Å²) in [6.07, 6.45) is 2.65. The van der Waals surface area contributed by atoms with E-state index in [1.165, 1.54) is 4.52 Å². The molecule has 0 aliphatic carbocycles. The minimum atomic E-state index is -0.0727. The minimum absolute atomic E-state index is 0.0727. The minimum Gasteiger partial charge on any atom is -0.381 e. The molecule has 2 aromatic heterocycles. The van der Waals surface area contributed by atoms with E-state index in [9.17, 15) is 4.79 Å². The van der Waals surface area contributed by atoms with Crippen LogP contribution in [0.25, 0.3) is 5.65 Å². The number of aryl methyl sites for hydroxylation is 1. The summed E-state index contributed by atoms with van der Waals surface area (Å²) >= 11 is 0. The maximum Gasteiger partial charge on any atom is 0.274 e. The molecule has 1 aliphatic rings. The van der Waals surface area contributed by atoms with Gasteiger partial charge in [-0.25, -0.2) is 0 Å². The fraction of sp³-hybridized carbons (Fsp3) is 0.600. The highest BCUT2D eigenvalue weighted by atomic mass is 16.5. The Hall–Kier alpha value is -1.66. The van der Waals surface area contributed by atoms with Crippen LogP contribution in [0.5, 0.6) is 0 Å². The average Bonchev–Trinajstić information content (AvgIpc) is 2.94. The smallest absolute Gasteiger partial charge is 0.274 e. The van der Waals surface area contributed by atoms with Crippen molar-refractivity contribution in [1.29, 1.82) is 0 Å². The van der Waals surface area contributed by atoms with Gasteiger partial charge in [-0.05, 0) is 26.3 Å². The van der Waals surface area contributed by atoms with Crippen molar-refractivity contribution >= 4 is 5.65 Å². The predicted molar refractivity (Wildman–Crippen MR) is 80.7 cm³/mol. The van der Waals surface area contributed by atoms with Gasteiger partial charge in [0.05, 0.1) is 5.69 Å². The second kappa shape index (κ2) is 5.99. The third-order valence-electron chi connectivity index (χ3n) is 4.19. The average molecular weight is 290 g/mol. The molecule has 3 heterocycles. The van der Waals surface area contributed by atoms with Crippen LogP contribution in [0.3, 0.4) is 0 Å². The van der Waals surface area contributed by atoms with Gasteiger partial charge in [0, 0.05) is 49.9 Å². The zero-order chi connectivity index (χ0) is 14.8. The van der Waals surface area contributed by atoms with Crippen LogP contribution in [0.1, 0.15) is 37.1 Å². The molecule has 2 aromatic rings. The Bertz CT molecular complexity index is 683. The van der Waals surface area contributed by atoms with Crippen LogP contribution >= 0.6 is 0 Å². The number of aromatic nitrogens is 3. The Labute approximate surface area is 123 Å². The number of nitrogens with two attached hydrogens (primary N) is 1. The van der Waals surface area contributed by atoms with E-state index in [-0.39, 0.29) is 5.56 Å². The summed E-state index contributed by atoms with van der Waals surface area (Å²) in [7, 11) is 0. The third kappa shape index (κ3) is 2.61. The number of fused-ring (bicyclic) bond motifs is 1. The fourth-order valence-electron chi connectivity index (χ4n) is 3.09. The van der Waals surface area contributed by atoms with Crippen LogP contribution in [-0.4, -0.2) is 33.9 Å². The first-order valence-corrected chi connectivity index (χ1v) is 7.64. The van der Waals surface area contributed by atoms with Crippen LogP contribution in [0.15, 0.2) is 16.9 Å². The second-order valence-corrected chi connectivity index (χ2v) is 5.48. The van der Waals surface area contributed by atoms with Crippen molar-refractivity contribution in [3.05, 3.63) is 33.9 Å². The number of nitrogens with zero attached hydrogens (tertiary/aromatic N) is 3. The summed E-state index contributed by atoms with van der Waals surface area (Å²) in [5.74, 6) is 0.390. The lowest BCUT2D eigenvalue weighted by Crippen LogP contribution is -2.22. The molecule has 114 valence electrons. The lowest BCUT2D eigenvalue weighted by molar-refractivity contribution is 0.0844. The van der Waals surface area contributed by atoms with Gasteiger partial charge in [0.2, 0.25) is 0 Å². The van der Waals surface area contributed by atoms with Crippen molar-refractivity contribution in [1.82, 2.24) is 14.2 Å². The first-order chi connectivity index (χ1) is 10.2. The highest BCUT2D eigenvalue weighted by Crippen LogP contribution is 2.26. The van der Waals surface area contributed by atoms with Crippen LogP contribution in [0.4, 0.5) is 0 Å². The summed E-state index contributed by atoms with van der Waals surface area (Å²) in [5.41, 5.74) is 8.43. The van der Waals surface area contributed by atoms with Crippen LogP contribution in [0.2, 0.25) is 0 Å². The number of rotatable bonds is 4. The van der Waals surface area contributed by atoms with Gasteiger partial charge in [-0.1, -0.05) is 0 Å². The van der Waals surface area contributed by atoms with E-state index in [0.29, 0.717) is 18.9 Å². The first kappa shape index (κ1) is 14.3. The molecule has 6 nitrogen and oxygen atoms in total. The van der Waals surface area contributed by atoms with Crippen molar-refractivity contribution in [3.63, 3.8) is 0 Å². The summed E-state index contributed by atoms with van der Waals surface area (Å²) < 4.78 is 9.05. The Kier molecular flexibility index (Phi) is 4.07. The molecule has 0 radical (unpaired) electrons. The number of ether oxygens (including phenoxy) is 1. The monoisotopic (exact) mass is 290 g/mol. The topological polar surface area (TPSA) is 74.5 Å². The number of hydrogen-bond acceptors (Lipinski definition) is 4. The maximum absolute atomic E-state index is 12.3. The standard InChI is InChI=1S/C15H22N4O2/c1-2-18-12(3-6-16)9-15(20)19-14(18)10-13(17-19)11-4-7-21-8-5-11/h9-11H,2-8,16H2,1H3. The molecular weight excluding hydrogens is 268 g/mol. The normalized spacial score (nSPS) is 16.7. The van der Waals surface area contributed by atoms with Gasteiger partial charge in [-0.2, -0.15) is 9.61 Å². The van der Waals surface area contributed by atoms with Crippen LogP contribution < -0.4 is 11.3 Å². The molecule has 0 bridgehead atoms. The van der Waals surface area contributed by atoms with Gasteiger partial charge in [0.25, 0.3) is 5.56 Å². The van der Waals surface area contributed by atoms with E-state index in [4.69, 9.17) is 10.5 Å². The largest absolute Gasteiger partial charge is 0.381 e. The summed E-state index contributed by atoms with van der Waals surface area (Å²) in [6, 6.07) is 3.71. The third-order valence-corrected chi connectivity index (χ3v) is 4.19.